The second-order valence-electron chi connectivity index (χ2n) is 9.89. The zero-order valence-electron chi connectivity index (χ0n) is 24.5. The second-order valence-corrected chi connectivity index (χ2v) is 9.89. The molecule has 2 aliphatic heterocycles. The number of nitrogens with zero attached hydrogens (tertiary/aromatic N) is 1. The first-order valence-corrected chi connectivity index (χ1v) is 13.2. The minimum absolute atomic E-state index is 0.116. The number of hydrogen-bond acceptors (Lipinski definition) is 14. The molecule has 41 heavy (non-hydrogen) atoms. The molecule has 0 aromatic rings. The molecule has 2 rings (SSSR count). The van der Waals surface area contributed by atoms with Crippen molar-refractivity contribution in [1.82, 2.24) is 10.2 Å². The highest BCUT2D eigenvalue weighted by Crippen LogP contribution is 2.38. The first kappa shape index (κ1) is 33.9. The second kappa shape index (κ2) is 15.1. The highest BCUT2D eigenvalue weighted by Gasteiger charge is 2.59. The third-order valence-corrected chi connectivity index (χ3v) is 7.06. The van der Waals surface area contributed by atoms with Gasteiger partial charge in [0.25, 0.3) is 5.79 Å². The fourth-order valence-corrected chi connectivity index (χ4v) is 5.29. The summed E-state index contributed by atoms with van der Waals surface area (Å²) in [5.41, 5.74) is 0. The molecule has 0 radical (unpaired) electrons. The highest BCUT2D eigenvalue weighted by atomic mass is 16.7. The number of rotatable bonds is 11. The number of nitrogens with one attached hydrogen (secondary N) is 1. The van der Waals surface area contributed by atoms with Crippen molar-refractivity contribution >= 4 is 35.8 Å². The molecule has 15 heteroatoms. The van der Waals surface area contributed by atoms with E-state index in [1.165, 1.54) is 21.1 Å². The number of carbonyl (C=O) groups is 6. The predicted molar refractivity (Wildman–Crippen MR) is 137 cm³/mol. The first-order chi connectivity index (χ1) is 19.3. The van der Waals surface area contributed by atoms with Crippen LogP contribution in [0.4, 0.5) is 0 Å². The van der Waals surface area contributed by atoms with E-state index >= 15 is 0 Å². The van der Waals surface area contributed by atoms with Gasteiger partial charge in [-0.1, -0.05) is 0 Å². The van der Waals surface area contributed by atoms with Crippen LogP contribution in [0.25, 0.3) is 0 Å². The van der Waals surface area contributed by atoms with Crippen LogP contribution < -0.4 is 5.32 Å². The van der Waals surface area contributed by atoms with E-state index in [0.29, 0.717) is 25.9 Å². The van der Waals surface area contributed by atoms with Gasteiger partial charge in [-0.3, -0.25) is 28.9 Å². The third-order valence-electron chi connectivity index (χ3n) is 7.06. The number of esters is 5. The van der Waals surface area contributed by atoms with Crippen LogP contribution in [0.2, 0.25) is 0 Å². The van der Waals surface area contributed by atoms with E-state index in [2.05, 4.69) is 5.32 Å². The van der Waals surface area contributed by atoms with Gasteiger partial charge in [-0.25, -0.2) is 4.79 Å². The summed E-state index contributed by atoms with van der Waals surface area (Å²) in [4.78, 5) is 75.6. The number of amides is 1. The number of likely N-dealkylation sites (tertiary alicyclic amines) is 1. The average molecular weight is 589 g/mol. The molecule has 0 bridgehead atoms. The van der Waals surface area contributed by atoms with Crippen molar-refractivity contribution in [2.75, 3.05) is 41.0 Å². The fraction of sp³-hybridized carbons (Fsp3) is 0.769. The van der Waals surface area contributed by atoms with Crippen molar-refractivity contribution in [1.29, 1.82) is 0 Å². The lowest BCUT2D eigenvalue weighted by Gasteiger charge is -2.52. The molecule has 1 N–H and O–H groups in total. The van der Waals surface area contributed by atoms with E-state index in [1.807, 2.05) is 4.90 Å². The molecule has 1 amide bonds. The lowest BCUT2D eigenvalue weighted by Crippen LogP contribution is -2.71. The number of hydrogen-bond donors (Lipinski definition) is 1. The summed E-state index contributed by atoms with van der Waals surface area (Å²) < 4.78 is 37.7. The zero-order valence-corrected chi connectivity index (χ0v) is 24.5. The Balaban J connectivity index is 2.65. The Morgan fingerprint density at radius 1 is 0.902 bits per heavy atom. The van der Waals surface area contributed by atoms with Crippen molar-refractivity contribution in [3.8, 4) is 0 Å². The molecule has 2 heterocycles. The molecule has 0 aliphatic carbocycles. The number of carbonyl (C=O) groups excluding carboxylic acids is 6. The topological polar surface area (TPSA) is 182 Å². The molecule has 15 nitrogen and oxygen atoms in total. The fourth-order valence-electron chi connectivity index (χ4n) is 5.29. The van der Waals surface area contributed by atoms with E-state index in [4.69, 9.17) is 33.2 Å². The maximum atomic E-state index is 13.1. The van der Waals surface area contributed by atoms with E-state index in [0.717, 1.165) is 27.9 Å². The average Bonchev–Trinajstić information content (AvgIpc) is 2.92. The Morgan fingerprint density at radius 2 is 1.51 bits per heavy atom. The van der Waals surface area contributed by atoms with Crippen LogP contribution in [0.1, 0.15) is 47.0 Å². The lowest BCUT2D eigenvalue weighted by molar-refractivity contribution is -0.302. The highest BCUT2D eigenvalue weighted by molar-refractivity contribution is 5.78. The maximum absolute atomic E-state index is 13.1. The Morgan fingerprint density at radius 3 is 1.98 bits per heavy atom. The Hall–Kier alpha value is -3.30. The molecule has 6 atom stereocenters. The molecule has 232 valence electrons. The van der Waals surface area contributed by atoms with E-state index in [1.54, 1.807) is 0 Å². The van der Waals surface area contributed by atoms with Crippen molar-refractivity contribution in [3.63, 3.8) is 0 Å². The van der Waals surface area contributed by atoms with Gasteiger partial charge in [0.15, 0.2) is 12.2 Å². The van der Waals surface area contributed by atoms with Gasteiger partial charge in [-0.05, 0) is 25.9 Å². The predicted octanol–water partition coefficient (Wildman–Crippen LogP) is -0.524. The summed E-state index contributed by atoms with van der Waals surface area (Å²) in [6, 6.07) is -1.64. The SMILES string of the molecule is COC(=O)C1CCN([C@H]2C[C@](OC)(C(=O)OC)O[C@@H]([C@H](OC(C)=O)[C@@H](COC(C)=O)OC(C)=O)[C@@H]2NC(C)=O)CC1. The van der Waals surface area contributed by atoms with Crippen LogP contribution in [0.5, 0.6) is 0 Å². The molecule has 2 fully saturated rings. The lowest BCUT2D eigenvalue weighted by atomic mass is 9.83. The third kappa shape index (κ3) is 8.84. The van der Waals surface area contributed by atoms with Gasteiger partial charge in [0.1, 0.15) is 12.7 Å². The van der Waals surface area contributed by atoms with Gasteiger partial charge in [-0.2, -0.15) is 0 Å². The van der Waals surface area contributed by atoms with Crippen molar-refractivity contribution in [2.45, 2.75) is 83.1 Å². The van der Waals surface area contributed by atoms with Crippen LogP contribution in [0.3, 0.4) is 0 Å². The van der Waals surface area contributed by atoms with Gasteiger partial charge < -0.3 is 38.5 Å². The summed E-state index contributed by atoms with van der Waals surface area (Å²) in [7, 11) is 3.69. The molecule has 0 saturated carbocycles. The molecular formula is C26H40N2O13. The van der Waals surface area contributed by atoms with E-state index < -0.39 is 72.6 Å². The zero-order chi connectivity index (χ0) is 30.9. The normalized spacial score (nSPS) is 26.6. The van der Waals surface area contributed by atoms with E-state index in [-0.39, 0.29) is 18.3 Å². The van der Waals surface area contributed by atoms with Crippen molar-refractivity contribution in [2.24, 2.45) is 5.92 Å². The standard InChI is InChI=1S/C26H40N2O13/c1-14(29)27-21-19(28-10-8-18(9-11-28)24(33)35-5)12-26(37-7,25(34)36-6)41-23(21)22(40-17(4)32)20(39-16(3)31)13-38-15(2)30/h18-23H,8-13H2,1-7H3,(H,27,29)/t19-,20+,21+,22+,23+,26+/m0/s1. The molecule has 0 unspecified atom stereocenters. The molecule has 2 saturated heterocycles. The van der Waals surface area contributed by atoms with Gasteiger partial charge in [0.05, 0.1) is 26.2 Å². The van der Waals surface area contributed by atoms with Crippen LogP contribution >= 0.6 is 0 Å². The number of piperidine rings is 1. The summed E-state index contributed by atoms with van der Waals surface area (Å²) in [6.45, 7) is 4.89. The number of methoxy groups -OCH3 is 3. The monoisotopic (exact) mass is 588 g/mol. The van der Waals surface area contributed by atoms with Gasteiger partial charge >= 0.3 is 29.8 Å². The van der Waals surface area contributed by atoms with E-state index in [9.17, 15) is 28.8 Å². The van der Waals surface area contributed by atoms with Gasteiger partial charge in [-0.15, -0.1) is 0 Å². The summed E-state index contributed by atoms with van der Waals surface area (Å²) in [5.74, 6) is -6.33. The van der Waals surface area contributed by atoms with Crippen molar-refractivity contribution in [3.05, 3.63) is 0 Å². The summed E-state index contributed by atoms with van der Waals surface area (Å²) in [5, 5.41) is 2.83. The first-order valence-electron chi connectivity index (χ1n) is 13.2. The van der Waals surface area contributed by atoms with Crippen LogP contribution in [-0.2, 0) is 61.9 Å². The van der Waals surface area contributed by atoms with Crippen molar-refractivity contribution < 1.29 is 61.9 Å². The Labute approximate surface area is 238 Å². The molecule has 0 spiro atoms. The largest absolute Gasteiger partial charge is 0.469 e. The summed E-state index contributed by atoms with van der Waals surface area (Å²) >= 11 is 0. The van der Waals surface area contributed by atoms with Gasteiger partial charge in [0, 0.05) is 47.3 Å². The smallest absolute Gasteiger partial charge is 0.366 e. The van der Waals surface area contributed by atoms with Crippen LogP contribution in [0, 0.1) is 5.92 Å². The molecule has 2 aliphatic rings. The minimum atomic E-state index is -2.03. The molecular weight excluding hydrogens is 548 g/mol. The van der Waals surface area contributed by atoms with Crippen LogP contribution in [0.15, 0.2) is 0 Å². The number of ether oxygens (including phenoxy) is 7. The van der Waals surface area contributed by atoms with Crippen LogP contribution in [-0.4, -0.2) is 118 Å². The Bertz CT molecular complexity index is 980. The van der Waals surface area contributed by atoms with Gasteiger partial charge in [0.2, 0.25) is 5.91 Å². The minimum Gasteiger partial charge on any atom is -0.469 e. The quantitative estimate of drug-likeness (QED) is 0.240. The Kier molecular flexibility index (Phi) is 12.5. The molecule has 0 aromatic carbocycles. The molecule has 0 aromatic heterocycles. The maximum Gasteiger partial charge on any atom is 0.366 e. The summed E-state index contributed by atoms with van der Waals surface area (Å²) in [6.07, 6.45) is -3.49.